The minimum Gasteiger partial charge on any atom is -0.481 e. The van der Waals surface area contributed by atoms with Crippen molar-refractivity contribution in [3.05, 3.63) is 65.4 Å². The smallest absolute Gasteiger partial charge is 0.343 e. The van der Waals surface area contributed by atoms with Gasteiger partial charge in [0.1, 0.15) is 5.75 Å². The van der Waals surface area contributed by atoms with Gasteiger partial charge in [0.05, 0.1) is 12.6 Å². The van der Waals surface area contributed by atoms with Crippen LogP contribution < -0.4 is 4.74 Å². The Morgan fingerprint density at radius 3 is 2.62 bits per heavy atom. The topological polar surface area (TPSA) is 40.5 Å². The third-order valence-electron chi connectivity index (χ3n) is 4.28. The largest absolute Gasteiger partial charge is 0.481 e. The zero-order valence-electron chi connectivity index (χ0n) is 14.2. The van der Waals surface area contributed by atoms with Crippen LogP contribution in [-0.2, 0) is 16.1 Å². The maximum atomic E-state index is 11.3. The number of aryl methyl sites for hydroxylation is 2. The van der Waals surface area contributed by atoms with Crippen molar-refractivity contribution in [1.82, 2.24) is 4.57 Å². The molecule has 1 heterocycles. The number of ether oxygens (including phenoxy) is 2. The van der Waals surface area contributed by atoms with E-state index in [1.165, 1.54) is 18.2 Å². The molecule has 4 heteroatoms. The highest BCUT2D eigenvalue weighted by Crippen LogP contribution is 2.29. The van der Waals surface area contributed by atoms with Gasteiger partial charge in [-0.05, 0) is 43.2 Å². The monoisotopic (exact) mass is 323 g/mol. The Hall–Kier alpha value is -2.75. The highest BCUT2D eigenvalue weighted by atomic mass is 16.6. The van der Waals surface area contributed by atoms with Crippen molar-refractivity contribution in [2.75, 3.05) is 13.7 Å². The van der Waals surface area contributed by atoms with Gasteiger partial charge >= 0.3 is 5.97 Å². The molecule has 24 heavy (non-hydrogen) atoms. The number of carbonyl (C=O) groups is 1. The lowest BCUT2D eigenvalue weighted by molar-refractivity contribution is -0.142. The van der Waals surface area contributed by atoms with Gasteiger partial charge in [-0.1, -0.05) is 30.3 Å². The number of nitrogens with zero attached hydrogens (tertiary/aromatic N) is 1. The predicted molar refractivity (Wildman–Crippen MR) is 94.5 cm³/mol. The normalized spacial score (nSPS) is 10.8. The van der Waals surface area contributed by atoms with Gasteiger partial charge in [0.25, 0.3) is 0 Å². The second-order valence-electron chi connectivity index (χ2n) is 5.85. The van der Waals surface area contributed by atoms with Crippen molar-refractivity contribution in [3.63, 3.8) is 0 Å². The summed E-state index contributed by atoms with van der Waals surface area (Å²) in [6, 6.07) is 16.4. The van der Waals surface area contributed by atoms with Crippen molar-refractivity contribution >= 4 is 16.9 Å². The molecule has 0 atom stereocenters. The molecule has 124 valence electrons. The average molecular weight is 323 g/mol. The van der Waals surface area contributed by atoms with Crippen LogP contribution >= 0.6 is 0 Å². The zero-order valence-corrected chi connectivity index (χ0v) is 14.2. The SMILES string of the molecule is COC(=O)COc1cccc2c1cc(C)n2Cc1ccccc1C. The van der Waals surface area contributed by atoms with Gasteiger partial charge in [0.15, 0.2) is 6.61 Å². The molecule has 0 unspecified atom stereocenters. The molecule has 0 aliphatic rings. The molecular weight excluding hydrogens is 302 g/mol. The number of hydrogen-bond acceptors (Lipinski definition) is 3. The molecule has 1 aromatic heterocycles. The van der Waals surface area contributed by atoms with Crippen LogP contribution in [0.4, 0.5) is 0 Å². The fourth-order valence-corrected chi connectivity index (χ4v) is 2.88. The predicted octanol–water partition coefficient (Wildman–Crippen LogP) is 3.86. The molecule has 0 fully saturated rings. The molecule has 0 aliphatic carbocycles. The standard InChI is InChI=1S/C20H21NO3/c1-14-7-4-5-8-16(14)12-21-15(2)11-17-18(21)9-6-10-19(17)24-13-20(22)23-3/h4-11H,12-13H2,1-3H3. The van der Waals surface area contributed by atoms with E-state index < -0.39 is 0 Å². The number of rotatable bonds is 5. The summed E-state index contributed by atoms with van der Waals surface area (Å²) in [6.45, 7) is 4.93. The highest BCUT2D eigenvalue weighted by molar-refractivity contribution is 5.88. The number of aromatic nitrogens is 1. The summed E-state index contributed by atoms with van der Waals surface area (Å²) in [7, 11) is 1.36. The fraction of sp³-hybridized carbons (Fsp3) is 0.250. The molecule has 4 nitrogen and oxygen atoms in total. The molecule has 0 amide bonds. The Labute approximate surface area is 141 Å². The van der Waals surface area contributed by atoms with Crippen LogP contribution in [0.2, 0.25) is 0 Å². The van der Waals surface area contributed by atoms with Gasteiger partial charge in [-0.15, -0.1) is 0 Å². The Balaban J connectivity index is 1.97. The number of hydrogen-bond donors (Lipinski definition) is 0. The summed E-state index contributed by atoms with van der Waals surface area (Å²) < 4.78 is 12.5. The van der Waals surface area contributed by atoms with E-state index in [9.17, 15) is 4.79 Å². The lowest BCUT2D eigenvalue weighted by Gasteiger charge is -2.11. The minimum atomic E-state index is -0.386. The van der Waals surface area contributed by atoms with Crippen LogP contribution in [0, 0.1) is 13.8 Å². The van der Waals surface area contributed by atoms with Gasteiger partial charge in [0.2, 0.25) is 0 Å². The summed E-state index contributed by atoms with van der Waals surface area (Å²) in [5.41, 5.74) is 4.82. The third-order valence-corrected chi connectivity index (χ3v) is 4.28. The van der Waals surface area contributed by atoms with E-state index in [4.69, 9.17) is 4.74 Å². The summed E-state index contributed by atoms with van der Waals surface area (Å²) in [6.07, 6.45) is 0. The Bertz CT molecular complexity index is 880. The lowest BCUT2D eigenvalue weighted by Crippen LogP contribution is -2.12. The Morgan fingerprint density at radius 2 is 1.88 bits per heavy atom. The first-order valence-electron chi connectivity index (χ1n) is 7.93. The lowest BCUT2D eigenvalue weighted by atomic mass is 10.1. The van der Waals surface area contributed by atoms with Crippen LogP contribution in [0.5, 0.6) is 5.75 Å². The molecule has 0 spiro atoms. The molecule has 2 aromatic carbocycles. The fourth-order valence-electron chi connectivity index (χ4n) is 2.88. The van der Waals surface area contributed by atoms with E-state index >= 15 is 0 Å². The van der Waals surface area contributed by atoms with E-state index in [0.717, 1.165) is 23.1 Å². The van der Waals surface area contributed by atoms with E-state index in [-0.39, 0.29) is 12.6 Å². The maximum Gasteiger partial charge on any atom is 0.343 e. The summed E-state index contributed by atoms with van der Waals surface area (Å²) >= 11 is 0. The molecule has 0 saturated heterocycles. The first-order valence-corrected chi connectivity index (χ1v) is 7.93. The first kappa shape index (κ1) is 16.1. The Morgan fingerprint density at radius 1 is 1.08 bits per heavy atom. The van der Waals surface area contributed by atoms with Crippen LogP contribution in [0.25, 0.3) is 10.9 Å². The molecule has 0 bridgehead atoms. The second-order valence-corrected chi connectivity index (χ2v) is 5.85. The first-order chi connectivity index (χ1) is 11.6. The molecule has 3 rings (SSSR count). The molecular formula is C20H21NO3. The average Bonchev–Trinajstić information content (AvgIpc) is 2.91. The van der Waals surface area contributed by atoms with Crippen molar-refractivity contribution in [3.8, 4) is 5.75 Å². The number of esters is 1. The quantitative estimate of drug-likeness (QED) is 0.670. The molecule has 0 radical (unpaired) electrons. The van der Waals surface area contributed by atoms with Gasteiger partial charge in [0, 0.05) is 17.6 Å². The van der Waals surface area contributed by atoms with E-state index in [0.29, 0.717) is 5.75 Å². The molecule has 0 N–H and O–H groups in total. The van der Waals surface area contributed by atoms with Gasteiger partial charge in [-0.25, -0.2) is 4.79 Å². The number of carbonyl (C=O) groups excluding carboxylic acids is 1. The van der Waals surface area contributed by atoms with Crippen molar-refractivity contribution in [1.29, 1.82) is 0 Å². The van der Waals surface area contributed by atoms with Crippen LogP contribution in [0.1, 0.15) is 16.8 Å². The molecule has 0 saturated carbocycles. The number of fused-ring (bicyclic) bond motifs is 1. The van der Waals surface area contributed by atoms with E-state index in [2.05, 4.69) is 59.5 Å². The van der Waals surface area contributed by atoms with Gasteiger partial charge in [-0.2, -0.15) is 0 Å². The maximum absolute atomic E-state index is 11.3. The summed E-state index contributed by atoms with van der Waals surface area (Å²) in [5.74, 6) is 0.313. The molecule has 0 aliphatic heterocycles. The third kappa shape index (κ3) is 3.13. The van der Waals surface area contributed by atoms with Crippen LogP contribution in [0.3, 0.4) is 0 Å². The number of methoxy groups -OCH3 is 1. The van der Waals surface area contributed by atoms with Crippen molar-refractivity contribution in [2.24, 2.45) is 0 Å². The number of benzene rings is 2. The Kier molecular flexibility index (Phi) is 4.56. The van der Waals surface area contributed by atoms with Crippen molar-refractivity contribution in [2.45, 2.75) is 20.4 Å². The summed E-state index contributed by atoms with van der Waals surface area (Å²) in [5, 5.41) is 1.01. The van der Waals surface area contributed by atoms with Crippen LogP contribution in [-0.4, -0.2) is 24.3 Å². The van der Waals surface area contributed by atoms with Crippen molar-refractivity contribution < 1.29 is 14.3 Å². The van der Waals surface area contributed by atoms with E-state index in [1.807, 2.05) is 12.1 Å². The van der Waals surface area contributed by atoms with Gasteiger partial charge < -0.3 is 14.0 Å². The zero-order chi connectivity index (χ0) is 17.1. The minimum absolute atomic E-state index is 0.0857. The van der Waals surface area contributed by atoms with E-state index in [1.54, 1.807) is 0 Å². The summed E-state index contributed by atoms with van der Waals surface area (Å²) in [4.78, 5) is 11.3. The highest BCUT2D eigenvalue weighted by Gasteiger charge is 2.12. The van der Waals surface area contributed by atoms with Gasteiger partial charge in [-0.3, -0.25) is 0 Å². The molecule has 3 aromatic rings. The van der Waals surface area contributed by atoms with Crippen LogP contribution in [0.15, 0.2) is 48.5 Å². The second kappa shape index (κ2) is 6.79.